The molecule has 0 unspecified atom stereocenters. The van der Waals surface area contributed by atoms with Crippen LogP contribution in [0.5, 0.6) is 0 Å². The average molecular weight is 218 g/mol. The van der Waals surface area contributed by atoms with E-state index in [1.165, 1.54) is 0 Å². The minimum atomic E-state index is 0.847. The van der Waals surface area contributed by atoms with Gasteiger partial charge in [0.2, 0.25) is 0 Å². The molecule has 0 radical (unpaired) electrons. The molecule has 0 aliphatic heterocycles. The molecule has 0 spiro atoms. The largest absolute Gasteiger partial charge is 0.591 e. The Bertz CT molecular complexity index is 288. The molecule has 0 fully saturated rings. The maximum atomic E-state index is 4.99. The van der Waals surface area contributed by atoms with Crippen molar-refractivity contribution < 1.29 is 21.7 Å². The van der Waals surface area contributed by atoms with Crippen molar-refractivity contribution in [2.75, 3.05) is 0 Å². The Morgan fingerprint density at radius 1 is 1.27 bits per heavy atom. The van der Waals surface area contributed by atoms with Crippen molar-refractivity contribution in [1.29, 1.82) is 0 Å². The molecule has 3 heteroatoms. The second kappa shape index (κ2) is 4.53. The molecule has 0 N–H and O–H groups in total. The molecule has 0 bridgehead atoms. The third-order valence-electron chi connectivity index (χ3n) is 1.30. The second-order valence-electron chi connectivity index (χ2n) is 1.90. The van der Waals surface area contributed by atoms with Crippen molar-refractivity contribution in [3.8, 4) is 0 Å². The van der Waals surface area contributed by atoms with Gasteiger partial charge < -0.3 is 4.42 Å². The Kier molecular flexibility index (Phi) is 3.61. The van der Waals surface area contributed by atoms with E-state index in [9.17, 15) is 0 Å². The Hall–Kier alpha value is -0.327. The van der Waals surface area contributed by atoms with E-state index in [1.54, 1.807) is 0 Å². The number of para-hydroxylation sites is 1. The summed E-state index contributed by atoms with van der Waals surface area (Å²) >= 11 is 0.847. The molecule has 11 heavy (non-hydrogen) atoms. The zero-order chi connectivity index (χ0) is 8.10. The number of hydrogen-bond donors (Lipinski definition) is 0. The van der Waals surface area contributed by atoms with Gasteiger partial charge in [-0.25, -0.2) is 0 Å². The van der Waals surface area contributed by atoms with Gasteiger partial charge in [-0.05, 0) is 11.8 Å². The fourth-order valence-corrected chi connectivity index (χ4v) is 0.849. The quantitative estimate of drug-likeness (QED) is 0.489. The third-order valence-corrected chi connectivity index (χ3v) is 1.30. The first-order valence-electron chi connectivity index (χ1n) is 3.08. The van der Waals surface area contributed by atoms with Crippen molar-refractivity contribution in [2.45, 2.75) is 0 Å². The summed E-state index contributed by atoms with van der Waals surface area (Å²) in [7, 11) is 4.76. The van der Waals surface area contributed by atoms with E-state index in [0.29, 0.717) is 0 Å². The van der Waals surface area contributed by atoms with Crippen molar-refractivity contribution in [1.82, 2.24) is 0 Å². The number of benzene rings is 1. The van der Waals surface area contributed by atoms with Crippen LogP contribution in [-0.4, -0.2) is 0 Å². The topological polar surface area (TPSA) is 13.1 Å². The van der Waals surface area contributed by atoms with Crippen molar-refractivity contribution in [2.24, 2.45) is 0 Å². The van der Waals surface area contributed by atoms with Crippen molar-refractivity contribution in [3.05, 3.63) is 36.6 Å². The average Bonchev–Trinajstić information content (AvgIpc) is 2.55. The van der Waals surface area contributed by atoms with E-state index in [2.05, 4.69) is 6.26 Å². The zero-order valence-corrected chi connectivity index (χ0v) is 9.60. The molecule has 1 aromatic carbocycles. The summed E-state index contributed by atoms with van der Waals surface area (Å²) in [5, 5.41) is 1.11. The Morgan fingerprint density at radius 2 is 2.00 bits per heavy atom. The van der Waals surface area contributed by atoms with Gasteiger partial charge in [-0.3, -0.25) is 0 Å². The molecule has 1 heterocycles. The van der Waals surface area contributed by atoms with Crippen LogP contribution in [0.15, 0.2) is 34.7 Å². The van der Waals surface area contributed by atoms with E-state index < -0.39 is 0 Å². The van der Waals surface area contributed by atoms with Gasteiger partial charge in [0.15, 0.2) is 0 Å². The summed E-state index contributed by atoms with van der Waals surface area (Å²) in [4.78, 5) is 0. The maximum absolute atomic E-state index is 4.99. The zero-order valence-electron chi connectivity index (χ0n) is 5.88. The van der Waals surface area contributed by atoms with Crippen LogP contribution in [0.1, 0.15) is 0 Å². The number of halogens is 1. The van der Waals surface area contributed by atoms with Gasteiger partial charge in [-0.2, -0.15) is 0 Å². The van der Waals surface area contributed by atoms with Gasteiger partial charge in [-0.15, -0.1) is 17.5 Å². The molecule has 0 aliphatic rings. The standard InChI is InChI=1S/C8H5O.ClH.Zn/c1-2-4-8-7(3-1)5-6-9-8;;/h1-5H;1H;/q-1;;+2/p-1. The van der Waals surface area contributed by atoms with Gasteiger partial charge >= 0.3 is 27.0 Å². The molecule has 0 amide bonds. The first kappa shape index (κ1) is 8.77. The van der Waals surface area contributed by atoms with Crippen LogP contribution in [0, 0.1) is 6.26 Å². The Labute approximate surface area is 79.1 Å². The van der Waals surface area contributed by atoms with Gasteiger partial charge in [0.1, 0.15) is 0 Å². The van der Waals surface area contributed by atoms with Gasteiger partial charge in [0.05, 0.1) is 0 Å². The summed E-state index contributed by atoms with van der Waals surface area (Å²) in [5.74, 6) is 0. The number of rotatable bonds is 0. The third kappa shape index (κ3) is 2.05. The minimum Gasteiger partial charge on any atom is -0.591 e. The van der Waals surface area contributed by atoms with Crippen LogP contribution in [0.4, 0.5) is 0 Å². The summed E-state index contributed by atoms with van der Waals surface area (Å²) < 4.78 is 4.99. The monoisotopic (exact) mass is 216 g/mol. The molecule has 0 saturated carbocycles. The fraction of sp³-hybridized carbons (Fsp3) is 0. The van der Waals surface area contributed by atoms with Gasteiger partial charge in [-0.1, -0.05) is 18.2 Å². The summed E-state index contributed by atoms with van der Waals surface area (Å²) in [6.45, 7) is 0. The molecular weight excluding hydrogens is 213 g/mol. The smallest absolute Gasteiger partial charge is 0.00701 e. The Morgan fingerprint density at radius 3 is 2.73 bits per heavy atom. The van der Waals surface area contributed by atoms with Crippen LogP contribution in [-0.2, 0) is 17.3 Å². The normalized spacial score (nSPS) is 9.00. The van der Waals surface area contributed by atoms with Gasteiger partial charge in [0.25, 0.3) is 0 Å². The van der Waals surface area contributed by atoms with E-state index in [0.717, 1.165) is 28.3 Å². The summed E-state index contributed by atoms with van der Waals surface area (Å²) in [6.07, 6.45) is 2.66. The van der Waals surface area contributed by atoms with Crippen LogP contribution >= 0.6 is 9.69 Å². The molecule has 0 atom stereocenters. The molecule has 1 aromatic heterocycles. The van der Waals surface area contributed by atoms with E-state index in [-0.39, 0.29) is 0 Å². The molecule has 2 aromatic rings. The number of furan rings is 1. The second-order valence-corrected chi connectivity index (χ2v) is 1.90. The van der Waals surface area contributed by atoms with E-state index >= 15 is 0 Å². The number of hydrogen-bond acceptors (Lipinski definition) is 1. The Balaban J connectivity index is 0.000000281. The number of fused-ring (bicyclic) bond motifs is 1. The SMILES string of the molecule is [Cl][Zn+].[c-]1cc2ccccc2o1. The van der Waals surface area contributed by atoms with Gasteiger partial charge in [0, 0.05) is 0 Å². The molecule has 2 rings (SSSR count). The minimum absolute atomic E-state index is 0.847. The van der Waals surface area contributed by atoms with Crippen molar-refractivity contribution >= 4 is 20.7 Å². The van der Waals surface area contributed by atoms with Crippen LogP contribution in [0.25, 0.3) is 11.0 Å². The molecule has 52 valence electrons. The molecule has 0 saturated heterocycles. The van der Waals surface area contributed by atoms with E-state index in [1.807, 2.05) is 30.3 Å². The molecule has 1 nitrogen and oxygen atoms in total. The molecule has 0 aliphatic carbocycles. The van der Waals surface area contributed by atoms with Crippen LogP contribution in [0.3, 0.4) is 0 Å². The maximum Gasteiger partial charge on any atom is -0.00701 e. The molecular formula is C8H5ClOZn. The fourth-order valence-electron chi connectivity index (χ4n) is 0.849. The first-order valence-corrected chi connectivity index (χ1v) is 6.98. The first-order chi connectivity index (χ1) is 5.47. The summed E-state index contributed by atoms with van der Waals surface area (Å²) in [6, 6.07) is 9.67. The van der Waals surface area contributed by atoms with Crippen LogP contribution < -0.4 is 0 Å². The van der Waals surface area contributed by atoms with E-state index in [4.69, 9.17) is 14.1 Å². The predicted octanol–water partition coefficient (Wildman–Crippen LogP) is 2.92. The van der Waals surface area contributed by atoms with Crippen molar-refractivity contribution in [3.63, 3.8) is 0 Å². The summed E-state index contributed by atoms with van der Waals surface area (Å²) in [5.41, 5.74) is 0.900. The predicted molar refractivity (Wildman–Crippen MR) is 40.9 cm³/mol. The van der Waals surface area contributed by atoms with Crippen LogP contribution in [0.2, 0.25) is 0 Å².